The second-order valence-corrected chi connectivity index (χ2v) is 7.57. The van der Waals surface area contributed by atoms with Gasteiger partial charge in [-0.2, -0.15) is 0 Å². The van der Waals surface area contributed by atoms with Crippen LogP contribution >= 0.6 is 23.8 Å². The number of carbonyl (C=O) groups is 2. The molecule has 2 amide bonds. The normalized spacial score (nSPS) is 13.6. The van der Waals surface area contributed by atoms with Crippen molar-refractivity contribution < 1.29 is 19.1 Å². The lowest BCUT2D eigenvalue weighted by Gasteiger charge is -2.17. The Hall–Kier alpha value is -3.42. The van der Waals surface area contributed by atoms with Crippen molar-refractivity contribution in [2.24, 2.45) is 0 Å². The number of rotatable bonds is 5. The fraction of sp³-hybridized carbons (Fsp3) is 0.0870. The first-order valence-electron chi connectivity index (χ1n) is 9.31. The third-order valence-electron chi connectivity index (χ3n) is 4.76. The summed E-state index contributed by atoms with van der Waals surface area (Å²) in [7, 11) is 1.49. The van der Waals surface area contributed by atoms with Crippen LogP contribution in [0, 0.1) is 0 Å². The largest absolute Gasteiger partial charge is 0.493 e. The molecule has 6 nitrogen and oxygen atoms in total. The molecule has 156 valence electrons. The van der Waals surface area contributed by atoms with Gasteiger partial charge in [-0.3, -0.25) is 20.2 Å². The molecule has 1 aliphatic rings. The lowest BCUT2D eigenvalue weighted by Crippen LogP contribution is -2.51. The van der Waals surface area contributed by atoms with E-state index < -0.39 is 11.8 Å². The van der Waals surface area contributed by atoms with Gasteiger partial charge in [0.2, 0.25) is 0 Å². The Morgan fingerprint density at radius 2 is 1.74 bits per heavy atom. The molecule has 0 aliphatic carbocycles. The van der Waals surface area contributed by atoms with Crippen LogP contribution in [-0.2, 0) is 16.2 Å². The molecule has 0 spiro atoms. The van der Waals surface area contributed by atoms with Gasteiger partial charge >= 0.3 is 0 Å². The molecule has 2 N–H and O–H groups in total. The van der Waals surface area contributed by atoms with Crippen molar-refractivity contribution in [3.05, 3.63) is 76.3 Å². The minimum atomic E-state index is -0.583. The molecule has 3 aromatic carbocycles. The molecule has 1 fully saturated rings. The van der Waals surface area contributed by atoms with Crippen LogP contribution in [0.3, 0.4) is 0 Å². The molecule has 31 heavy (non-hydrogen) atoms. The third kappa shape index (κ3) is 4.38. The van der Waals surface area contributed by atoms with Crippen molar-refractivity contribution in [2.75, 3.05) is 7.11 Å². The van der Waals surface area contributed by atoms with Crippen molar-refractivity contribution in [1.82, 2.24) is 10.6 Å². The number of halogens is 1. The number of ether oxygens (including phenoxy) is 2. The predicted molar refractivity (Wildman–Crippen MR) is 123 cm³/mol. The number of nitrogens with one attached hydrogen (secondary N) is 2. The molecular weight excluding hydrogens is 436 g/mol. The molecule has 8 heteroatoms. The molecule has 0 unspecified atom stereocenters. The Kier molecular flexibility index (Phi) is 5.88. The number of thiocarbonyl (C=S) groups is 1. The monoisotopic (exact) mass is 452 g/mol. The molecule has 0 atom stereocenters. The number of fused-ring (bicyclic) bond motifs is 1. The maximum absolute atomic E-state index is 12.1. The van der Waals surface area contributed by atoms with E-state index >= 15 is 0 Å². The van der Waals surface area contributed by atoms with E-state index in [2.05, 4.69) is 10.6 Å². The molecule has 0 aromatic heterocycles. The summed E-state index contributed by atoms with van der Waals surface area (Å²) in [6.07, 6.45) is 1.41. The van der Waals surface area contributed by atoms with Crippen LogP contribution < -0.4 is 20.1 Å². The number of carbonyl (C=O) groups excluding carboxylic acids is 2. The minimum Gasteiger partial charge on any atom is -0.493 e. The second kappa shape index (κ2) is 8.75. The van der Waals surface area contributed by atoms with Gasteiger partial charge in [0.1, 0.15) is 12.2 Å². The molecule has 3 aromatic rings. The standard InChI is InChI=1S/C23H17ClN2O4S/c1-29-19-11-13(9-17-21(27)25-23(31)26-22(17)28)10-18(24)20(19)30-12-15-7-4-6-14-5-2-3-8-16(14)15/h2-11H,12H2,1H3,(H2,25,26,27,28,31). The molecular formula is C23H17ClN2O4S. The average molecular weight is 453 g/mol. The summed E-state index contributed by atoms with van der Waals surface area (Å²) >= 11 is 11.3. The number of hydrogen-bond acceptors (Lipinski definition) is 5. The quantitative estimate of drug-likeness (QED) is 0.347. The van der Waals surface area contributed by atoms with E-state index in [0.717, 1.165) is 16.3 Å². The summed E-state index contributed by atoms with van der Waals surface area (Å²) in [6, 6.07) is 17.3. The highest BCUT2D eigenvalue weighted by Gasteiger charge is 2.26. The van der Waals surface area contributed by atoms with E-state index in [0.29, 0.717) is 28.7 Å². The van der Waals surface area contributed by atoms with Gasteiger partial charge in [0.25, 0.3) is 11.8 Å². The number of methoxy groups -OCH3 is 1. The Bertz CT molecular complexity index is 1230. The van der Waals surface area contributed by atoms with Crippen LogP contribution in [0.15, 0.2) is 60.2 Å². The fourth-order valence-corrected chi connectivity index (χ4v) is 3.76. The van der Waals surface area contributed by atoms with Crippen molar-refractivity contribution >= 4 is 57.6 Å². The summed E-state index contributed by atoms with van der Waals surface area (Å²) < 4.78 is 11.4. The van der Waals surface area contributed by atoms with E-state index in [1.165, 1.54) is 13.2 Å². The third-order valence-corrected chi connectivity index (χ3v) is 5.24. The van der Waals surface area contributed by atoms with Crippen LogP contribution in [0.1, 0.15) is 11.1 Å². The zero-order chi connectivity index (χ0) is 22.0. The highest BCUT2D eigenvalue weighted by molar-refractivity contribution is 7.80. The Balaban J connectivity index is 1.62. The van der Waals surface area contributed by atoms with Crippen molar-refractivity contribution in [3.8, 4) is 11.5 Å². The van der Waals surface area contributed by atoms with Gasteiger partial charge in [-0.1, -0.05) is 54.1 Å². The molecule has 0 bridgehead atoms. The first-order chi connectivity index (χ1) is 15.0. The first-order valence-corrected chi connectivity index (χ1v) is 10.1. The summed E-state index contributed by atoms with van der Waals surface area (Å²) in [4.78, 5) is 24.2. The number of hydrogen-bond donors (Lipinski definition) is 2. The van der Waals surface area contributed by atoms with Crippen molar-refractivity contribution in [3.63, 3.8) is 0 Å². The minimum absolute atomic E-state index is 0.0278. The van der Waals surface area contributed by atoms with Gasteiger partial charge in [-0.15, -0.1) is 0 Å². The SMILES string of the molecule is COc1cc(C=C2C(=O)NC(=S)NC2=O)cc(Cl)c1OCc1cccc2ccccc12. The van der Waals surface area contributed by atoms with Crippen LogP contribution in [0.25, 0.3) is 16.8 Å². The van der Waals surface area contributed by atoms with E-state index in [1.54, 1.807) is 12.1 Å². The van der Waals surface area contributed by atoms with E-state index in [1.807, 2.05) is 42.5 Å². The summed E-state index contributed by atoms with van der Waals surface area (Å²) in [5, 5.41) is 7.25. The van der Waals surface area contributed by atoms with E-state index in [-0.39, 0.29) is 10.7 Å². The number of amides is 2. The summed E-state index contributed by atoms with van der Waals surface area (Å²) in [5.41, 5.74) is 1.43. The van der Waals surface area contributed by atoms with Gasteiger partial charge in [0, 0.05) is 0 Å². The highest BCUT2D eigenvalue weighted by atomic mass is 35.5. The zero-order valence-corrected chi connectivity index (χ0v) is 18.0. The lowest BCUT2D eigenvalue weighted by atomic mass is 10.1. The molecule has 1 saturated heterocycles. The van der Waals surface area contributed by atoms with Crippen LogP contribution in [0.2, 0.25) is 5.02 Å². The average Bonchev–Trinajstić information content (AvgIpc) is 2.75. The molecule has 4 rings (SSSR count). The van der Waals surface area contributed by atoms with Crippen LogP contribution in [0.4, 0.5) is 0 Å². The van der Waals surface area contributed by atoms with Gasteiger partial charge in [-0.05, 0) is 52.3 Å². The van der Waals surface area contributed by atoms with E-state index in [4.69, 9.17) is 33.3 Å². The van der Waals surface area contributed by atoms with Gasteiger partial charge in [-0.25, -0.2) is 0 Å². The topological polar surface area (TPSA) is 76.7 Å². The first kappa shape index (κ1) is 20.8. The smallest absolute Gasteiger partial charge is 0.263 e. The molecule has 0 saturated carbocycles. The van der Waals surface area contributed by atoms with Crippen molar-refractivity contribution in [2.45, 2.75) is 6.61 Å². The highest BCUT2D eigenvalue weighted by Crippen LogP contribution is 2.38. The van der Waals surface area contributed by atoms with Crippen LogP contribution in [-0.4, -0.2) is 24.0 Å². The Morgan fingerprint density at radius 3 is 2.48 bits per heavy atom. The predicted octanol–water partition coefficient (Wildman–Crippen LogP) is 4.00. The molecule has 1 heterocycles. The Morgan fingerprint density at radius 1 is 1.03 bits per heavy atom. The summed E-state index contributed by atoms with van der Waals surface area (Å²) in [6.45, 7) is 0.292. The maximum atomic E-state index is 12.1. The van der Waals surface area contributed by atoms with Gasteiger partial charge in [0.05, 0.1) is 12.1 Å². The lowest BCUT2D eigenvalue weighted by molar-refractivity contribution is -0.123. The zero-order valence-electron chi connectivity index (χ0n) is 16.4. The number of benzene rings is 3. The van der Waals surface area contributed by atoms with Crippen LogP contribution in [0.5, 0.6) is 11.5 Å². The summed E-state index contributed by atoms with van der Waals surface area (Å²) in [5.74, 6) is -0.412. The maximum Gasteiger partial charge on any atom is 0.263 e. The van der Waals surface area contributed by atoms with Gasteiger partial charge in [0.15, 0.2) is 16.6 Å². The van der Waals surface area contributed by atoms with E-state index in [9.17, 15) is 9.59 Å². The fourth-order valence-electron chi connectivity index (χ4n) is 3.30. The van der Waals surface area contributed by atoms with Crippen molar-refractivity contribution in [1.29, 1.82) is 0 Å². The molecule has 0 radical (unpaired) electrons. The molecule has 1 aliphatic heterocycles. The van der Waals surface area contributed by atoms with Gasteiger partial charge < -0.3 is 9.47 Å². The Labute approximate surface area is 188 Å². The second-order valence-electron chi connectivity index (χ2n) is 6.76.